The average molecular weight is 208 g/mol. The van der Waals surface area contributed by atoms with Gasteiger partial charge in [-0.15, -0.1) is 0 Å². The molecule has 1 aromatic carbocycles. The van der Waals surface area contributed by atoms with Gasteiger partial charge in [-0.25, -0.2) is 4.39 Å². The van der Waals surface area contributed by atoms with E-state index in [9.17, 15) is 9.18 Å². The molecular weight excluding hydrogens is 195 g/mol. The van der Waals surface area contributed by atoms with Gasteiger partial charge in [0, 0.05) is 5.56 Å². The lowest BCUT2D eigenvalue weighted by Gasteiger charge is -2.11. The summed E-state index contributed by atoms with van der Waals surface area (Å²) in [6.45, 7) is 1.72. The molecule has 0 heterocycles. The number of amides is 1. The number of halogens is 1. The smallest absolute Gasteiger partial charge is 0.249 e. The van der Waals surface area contributed by atoms with Gasteiger partial charge in [0.25, 0.3) is 0 Å². The number of hydrogen-bond donors (Lipinski definition) is 2. The third-order valence-corrected chi connectivity index (χ3v) is 2.85. The highest BCUT2D eigenvalue weighted by Crippen LogP contribution is 2.44. The second kappa shape index (κ2) is 3.22. The zero-order valence-corrected chi connectivity index (χ0v) is 8.51. The molecule has 4 N–H and O–H groups in total. The van der Waals surface area contributed by atoms with E-state index < -0.39 is 5.91 Å². The normalized spacial score (nSPS) is 15.3. The number of rotatable bonds is 2. The average Bonchev–Trinajstić information content (AvgIpc) is 2.95. The maximum absolute atomic E-state index is 13.7. The van der Waals surface area contributed by atoms with Crippen molar-refractivity contribution in [1.82, 2.24) is 0 Å². The van der Waals surface area contributed by atoms with E-state index in [1.54, 1.807) is 6.92 Å². The molecule has 15 heavy (non-hydrogen) atoms. The van der Waals surface area contributed by atoms with Crippen molar-refractivity contribution >= 4 is 11.6 Å². The van der Waals surface area contributed by atoms with Crippen molar-refractivity contribution in [1.29, 1.82) is 0 Å². The molecule has 1 aliphatic carbocycles. The van der Waals surface area contributed by atoms with Gasteiger partial charge in [0.15, 0.2) is 0 Å². The molecule has 1 aliphatic rings. The van der Waals surface area contributed by atoms with Gasteiger partial charge in [0.2, 0.25) is 5.91 Å². The number of carbonyl (C=O) groups excluding carboxylic acids is 1. The van der Waals surface area contributed by atoms with E-state index in [0.717, 1.165) is 12.8 Å². The van der Waals surface area contributed by atoms with Crippen molar-refractivity contribution < 1.29 is 9.18 Å². The molecule has 3 nitrogen and oxygen atoms in total. The minimum Gasteiger partial charge on any atom is -0.396 e. The lowest BCUT2D eigenvalue weighted by Crippen LogP contribution is -2.15. The Kier molecular flexibility index (Phi) is 2.14. The number of anilines is 1. The van der Waals surface area contributed by atoms with Crippen molar-refractivity contribution in [3.8, 4) is 0 Å². The van der Waals surface area contributed by atoms with Crippen LogP contribution < -0.4 is 11.5 Å². The minimum absolute atomic E-state index is 0.0105. The number of benzene rings is 1. The third-order valence-electron chi connectivity index (χ3n) is 2.85. The summed E-state index contributed by atoms with van der Waals surface area (Å²) in [5.41, 5.74) is 12.3. The van der Waals surface area contributed by atoms with Crippen LogP contribution >= 0.6 is 0 Å². The summed E-state index contributed by atoms with van der Waals surface area (Å²) in [7, 11) is 0. The van der Waals surface area contributed by atoms with Crippen molar-refractivity contribution in [2.24, 2.45) is 5.73 Å². The van der Waals surface area contributed by atoms with Gasteiger partial charge in [0.05, 0.1) is 5.69 Å². The van der Waals surface area contributed by atoms with Gasteiger partial charge in [-0.05, 0) is 42.9 Å². The van der Waals surface area contributed by atoms with Crippen LogP contribution in [0, 0.1) is 12.7 Å². The van der Waals surface area contributed by atoms with E-state index in [1.165, 1.54) is 6.07 Å². The summed E-state index contributed by atoms with van der Waals surface area (Å²) in [6, 6.07) is 1.32. The fourth-order valence-electron chi connectivity index (χ4n) is 1.91. The first-order valence-corrected chi connectivity index (χ1v) is 4.90. The summed E-state index contributed by atoms with van der Waals surface area (Å²) in [5.74, 6) is -0.729. The second-order valence-corrected chi connectivity index (χ2v) is 4.00. The maximum Gasteiger partial charge on any atom is 0.249 e. The molecule has 0 bridgehead atoms. The number of carbonyl (C=O) groups is 1. The molecule has 1 saturated carbocycles. The summed E-state index contributed by atoms with van der Waals surface area (Å²) in [4.78, 5) is 11.1. The molecule has 2 rings (SSSR count). The Labute approximate surface area is 87.3 Å². The maximum atomic E-state index is 13.7. The van der Waals surface area contributed by atoms with E-state index in [2.05, 4.69) is 0 Å². The van der Waals surface area contributed by atoms with Crippen molar-refractivity contribution in [3.63, 3.8) is 0 Å². The quantitative estimate of drug-likeness (QED) is 0.726. The van der Waals surface area contributed by atoms with Crippen molar-refractivity contribution in [2.75, 3.05) is 5.73 Å². The Balaban J connectivity index is 2.65. The molecule has 0 aromatic heterocycles. The third kappa shape index (κ3) is 1.56. The molecule has 1 fully saturated rings. The number of primary amides is 1. The molecule has 0 spiro atoms. The molecule has 0 unspecified atom stereocenters. The summed E-state index contributed by atoms with van der Waals surface area (Å²) in [6.07, 6.45) is 1.92. The predicted molar refractivity (Wildman–Crippen MR) is 56.0 cm³/mol. The minimum atomic E-state index is -0.555. The van der Waals surface area contributed by atoms with E-state index in [-0.39, 0.29) is 17.4 Å². The van der Waals surface area contributed by atoms with E-state index in [0.29, 0.717) is 16.7 Å². The summed E-state index contributed by atoms with van der Waals surface area (Å²) < 4.78 is 13.7. The Morgan fingerprint density at radius 1 is 1.53 bits per heavy atom. The molecule has 1 aromatic rings. The molecule has 0 atom stereocenters. The molecule has 0 saturated heterocycles. The van der Waals surface area contributed by atoms with Gasteiger partial charge in [-0.3, -0.25) is 4.79 Å². The Hall–Kier alpha value is -1.58. The highest BCUT2D eigenvalue weighted by atomic mass is 19.1. The van der Waals surface area contributed by atoms with Gasteiger partial charge >= 0.3 is 0 Å². The van der Waals surface area contributed by atoms with Gasteiger partial charge in [0.1, 0.15) is 5.82 Å². The molecule has 0 radical (unpaired) electrons. The first kappa shape index (κ1) is 9.96. The zero-order chi connectivity index (χ0) is 11.2. The van der Waals surface area contributed by atoms with Crippen LogP contribution in [0.15, 0.2) is 6.07 Å². The van der Waals surface area contributed by atoms with Crippen LogP contribution in [0.2, 0.25) is 0 Å². The van der Waals surface area contributed by atoms with Crippen LogP contribution in [-0.2, 0) is 0 Å². The van der Waals surface area contributed by atoms with Crippen LogP contribution in [0.1, 0.15) is 40.2 Å². The fourth-order valence-corrected chi connectivity index (χ4v) is 1.91. The highest BCUT2D eigenvalue weighted by Gasteiger charge is 2.30. The van der Waals surface area contributed by atoms with Gasteiger partial charge in [-0.2, -0.15) is 0 Å². The fraction of sp³-hybridized carbons (Fsp3) is 0.364. The molecule has 80 valence electrons. The van der Waals surface area contributed by atoms with Crippen LogP contribution in [0.5, 0.6) is 0 Å². The lowest BCUT2D eigenvalue weighted by atomic mass is 9.97. The van der Waals surface area contributed by atoms with Crippen molar-refractivity contribution in [2.45, 2.75) is 25.7 Å². The summed E-state index contributed by atoms with van der Waals surface area (Å²) in [5, 5.41) is 0. The molecule has 0 aliphatic heterocycles. The molecule has 1 amide bonds. The second-order valence-electron chi connectivity index (χ2n) is 4.00. The highest BCUT2D eigenvalue weighted by molar-refractivity contribution is 5.95. The van der Waals surface area contributed by atoms with Crippen LogP contribution in [0.3, 0.4) is 0 Å². The summed E-state index contributed by atoms with van der Waals surface area (Å²) >= 11 is 0. The zero-order valence-electron chi connectivity index (χ0n) is 8.51. The largest absolute Gasteiger partial charge is 0.396 e. The SMILES string of the molecule is Cc1c(C(N)=O)cc(N)c(F)c1C1CC1. The topological polar surface area (TPSA) is 69.1 Å². The van der Waals surface area contributed by atoms with Crippen LogP contribution in [0.4, 0.5) is 10.1 Å². The first-order valence-electron chi connectivity index (χ1n) is 4.90. The molecule has 4 heteroatoms. The number of nitrogens with two attached hydrogens (primary N) is 2. The van der Waals surface area contributed by atoms with E-state index >= 15 is 0 Å². The number of nitrogen functional groups attached to an aromatic ring is 1. The first-order chi connectivity index (χ1) is 7.02. The van der Waals surface area contributed by atoms with Crippen molar-refractivity contribution in [3.05, 3.63) is 28.6 Å². The standard InChI is InChI=1S/C11H13FN2O/c1-5-7(11(14)15)4-8(13)10(12)9(5)6-2-3-6/h4,6H,2-3,13H2,1H3,(H2,14,15). The predicted octanol–water partition coefficient (Wildman–Crippen LogP) is 1.69. The Morgan fingerprint density at radius 3 is 2.60 bits per heavy atom. The number of hydrogen-bond acceptors (Lipinski definition) is 2. The monoisotopic (exact) mass is 208 g/mol. The Morgan fingerprint density at radius 2 is 2.13 bits per heavy atom. The van der Waals surface area contributed by atoms with Crippen LogP contribution in [-0.4, -0.2) is 5.91 Å². The van der Waals surface area contributed by atoms with Gasteiger partial charge < -0.3 is 11.5 Å². The lowest BCUT2D eigenvalue weighted by molar-refractivity contribution is 0.0999. The van der Waals surface area contributed by atoms with Crippen LogP contribution in [0.25, 0.3) is 0 Å². The van der Waals surface area contributed by atoms with E-state index in [1.807, 2.05) is 0 Å². The Bertz CT molecular complexity index is 439. The molecular formula is C11H13FN2O. The van der Waals surface area contributed by atoms with Gasteiger partial charge in [-0.1, -0.05) is 0 Å². The van der Waals surface area contributed by atoms with E-state index in [4.69, 9.17) is 11.5 Å².